The van der Waals surface area contributed by atoms with Crippen molar-refractivity contribution >= 4 is 5.91 Å². The summed E-state index contributed by atoms with van der Waals surface area (Å²) >= 11 is 0. The lowest BCUT2D eigenvalue weighted by Crippen LogP contribution is -2.37. The molecule has 0 unspecified atom stereocenters. The third-order valence-electron chi connectivity index (χ3n) is 1.56. The van der Waals surface area contributed by atoms with Crippen LogP contribution in [0.5, 0.6) is 0 Å². The average Bonchev–Trinajstić information content (AvgIpc) is 2.05. The fourth-order valence-corrected chi connectivity index (χ4v) is 0.782. The van der Waals surface area contributed by atoms with E-state index in [9.17, 15) is 4.79 Å². The van der Waals surface area contributed by atoms with Crippen LogP contribution < -0.4 is 5.32 Å². The van der Waals surface area contributed by atoms with Crippen LogP contribution in [0.4, 0.5) is 0 Å². The molecule has 0 spiro atoms. The van der Waals surface area contributed by atoms with Gasteiger partial charge in [-0.3, -0.25) is 4.79 Å². The van der Waals surface area contributed by atoms with E-state index in [0.717, 1.165) is 13.0 Å². The summed E-state index contributed by atoms with van der Waals surface area (Å²) in [6, 6.07) is 0. The lowest BCUT2D eigenvalue weighted by Gasteiger charge is -2.15. The van der Waals surface area contributed by atoms with E-state index < -0.39 is 0 Å². The molecule has 0 atom stereocenters. The Morgan fingerprint density at radius 1 is 1.58 bits per heavy atom. The molecule has 0 rings (SSSR count). The molecule has 0 aromatic heterocycles. The van der Waals surface area contributed by atoms with Gasteiger partial charge in [0.05, 0.1) is 13.2 Å². The molecule has 4 heteroatoms. The average molecular weight is 174 g/mol. The van der Waals surface area contributed by atoms with Crippen LogP contribution in [0.15, 0.2) is 0 Å². The van der Waals surface area contributed by atoms with Crippen molar-refractivity contribution in [1.82, 2.24) is 10.2 Å². The predicted octanol–water partition coefficient (Wildman–Crippen LogP) is -0.563. The molecule has 0 saturated heterocycles. The Hall–Kier alpha value is -0.610. The van der Waals surface area contributed by atoms with Gasteiger partial charge in [0, 0.05) is 13.6 Å². The van der Waals surface area contributed by atoms with Crippen LogP contribution in [-0.4, -0.2) is 49.2 Å². The SMILES string of the molecule is CCCNCC(=O)N(C)CCO. The van der Waals surface area contributed by atoms with Crippen molar-refractivity contribution in [2.75, 3.05) is 33.3 Å². The highest BCUT2D eigenvalue weighted by molar-refractivity contribution is 5.77. The first-order valence-electron chi connectivity index (χ1n) is 4.28. The van der Waals surface area contributed by atoms with Crippen LogP contribution in [-0.2, 0) is 4.79 Å². The topological polar surface area (TPSA) is 52.6 Å². The van der Waals surface area contributed by atoms with Crippen LogP contribution in [0.3, 0.4) is 0 Å². The highest BCUT2D eigenvalue weighted by atomic mass is 16.3. The van der Waals surface area contributed by atoms with Gasteiger partial charge in [0.1, 0.15) is 0 Å². The van der Waals surface area contributed by atoms with Gasteiger partial charge in [-0.1, -0.05) is 6.92 Å². The van der Waals surface area contributed by atoms with E-state index in [2.05, 4.69) is 12.2 Å². The quantitative estimate of drug-likeness (QED) is 0.531. The summed E-state index contributed by atoms with van der Waals surface area (Å²) in [4.78, 5) is 12.7. The molecular weight excluding hydrogens is 156 g/mol. The fraction of sp³-hybridized carbons (Fsp3) is 0.875. The maximum atomic E-state index is 11.2. The van der Waals surface area contributed by atoms with Crippen LogP contribution >= 0.6 is 0 Å². The predicted molar refractivity (Wildman–Crippen MR) is 47.9 cm³/mol. The molecule has 2 N–H and O–H groups in total. The first kappa shape index (κ1) is 11.4. The third kappa shape index (κ3) is 5.09. The zero-order valence-corrected chi connectivity index (χ0v) is 7.84. The second-order valence-electron chi connectivity index (χ2n) is 2.72. The number of carbonyl (C=O) groups excluding carboxylic acids is 1. The molecule has 0 fully saturated rings. The molecule has 12 heavy (non-hydrogen) atoms. The van der Waals surface area contributed by atoms with E-state index in [4.69, 9.17) is 5.11 Å². The van der Waals surface area contributed by atoms with Crippen LogP contribution in [0, 0.1) is 0 Å². The van der Waals surface area contributed by atoms with Crippen molar-refractivity contribution in [1.29, 1.82) is 0 Å². The third-order valence-corrected chi connectivity index (χ3v) is 1.56. The molecule has 0 aliphatic heterocycles. The number of hydrogen-bond donors (Lipinski definition) is 2. The fourth-order valence-electron chi connectivity index (χ4n) is 0.782. The molecule has 0 aromatic rings. The first-order chi connectivity index (χ1) is 5.72. The standard InChI is InChI=1S/C8H18N2O2/c1-3-4-9-7-8(12)10(2)5-6-11/h9,11H,3-7H2,1-2H3. The monoisotopic (exact) mass is 174 g/mol. The van der Waals surface area contributed by atoms with Gasteiger partial charge < -0.3 is 15.3 Å². The number of rotatable bonds is 6. The van der Waals surface area contributed by atoms with E-state index in [0.29, 0.717) is 13.1 Å². The number of likely N-dealkylation sites (N-methyl/N-ethyl adjacent to an activating group) is 1. The smallest absolute Gasteiger partial charge is 0.236 e. The lowest BCUT2D eigenvalue weighted by atomic mass is 10.4. The maximum absolute atomic E-state index is 11.2. The van der Waals surface area contributed by atoms with Gasteiger partial charge in [0.2, 0.25) is 5.91 Å². The second kappa shape index (κ2) is 7.06. The number of aliphatic hydroxyl groups excluding tert-OH is 1. The Labute approximate surface area is 73.6 Å². The number of amides is 1. The van der Waals surface area contributed by atoms with Crippen molar-refractivity contribution in [3.63, 3.8) is 0 Å². The summed E-state index contributed by atoms with van der Waals surface area (Å²) in [5.74, 6) is 0.0255. The molecule has 0 aliphatic rings. The van der Waals surface area contributed by atoms with Gasteiger partial charge in [-0.2, -0.15) is 0 Å². The summed E-state index contributed by atoms with van der Waals surface area (Å²) < 4.78 is 0. The number of hydrogen-bond acceptors (Lipinski definition) is 3. The number of nitrogens with one attached hydrogen (secondary N) is 1. The van der Waals surface area contributed by atoms with Gasteiger partial charge in [-0.25, -0.2) is 0 Å². The Morgan fingerprint density at radius 2 is 2.25 bits per heavy atom. The number of aliphatic hydroxyl groups is 1. The Morgan fingerprint density at radius 3 is 2.75 bits per heavy atom. The molecular formula is C8H18N2O2. The highest BCUT2D eigenvalue weighted by Gasteiger charge is 2.05. The van der Waals surface area contributed by atoms with Gasteiger partial charge in [0.25, 0.3) is 0 Å². The van der Waals surface area contributed by atoms with Gasteiger partial charge in [0.15, 0.2) is 0 Å². The van der Waals surface area contributed by atoms with E-state index in [1.165, 1.54) is 4.90 Å². The highest BCUT2D eigenvalue weighted by Crippen LogP contribution is 1.82. The molecule has 72 valence electrons. The molecule has 0 aliphatic carbocycles. The van der Waals surface area contributed by atoms with Crippen LogP contribution in [0.1, 0.15) is 13.3 Å². The van der Waals surface area contributed by atoms with E-state index in [1.807, 2.05) is 0 Å². The number of nitrogens with zero attached hydrogens (tertiary/aromatic N) is 1. The molecule has 1 amide bonds. The minimum atomic E-state index is 0.0238. The van der Waals surface area contributed by atoms with Crippen LogP contribution in [0.2, 0.25) is 0 Å². The van der Waals surface area contributed by atoms with Crippen LogP contribution in [0.25, 0.3) is 0 Å². The second-order valence-corrected chi connectivity index (χ2v) is 2.72. The minimum absolute atomic E-state index is 0.0238. The van der Waals surface area contributed by atoms with E-state index in [1.54, 1.807) is 7.05 Å². The normalized spacial score (nSPS) is 9.92. The molecule has 0 aromatic carbocycles. The van der Waals surface area contributed by atoms with E-state index in [-0.39, 0.29) is 12.5 Å². The zero-order chi connectivity index (χ0) is 9.40. The van der Waals surface area contributed by atoms with Crippen molar-refractivity contribution < 1.29 is 9.90 Å². The Kier molecular flexibility index (Phi) is 6.70. The minimum Gasteiger partial charge on any atom is -0.395 e. The molecule has 0 bridgehead atoms. The molecule has 0 saturated carbocycles. The maximum Gasteiger partial charge on any atom is 0.236 e. The first-order valence-corrected chi connectivity index (χ1v) is 4.28. The molecule has 0 radical (unpaired) electrons. The van der Waals surface area contributed by atoms with Crippen molar-refractivity contribution in [2.45, 2.75) is 13.3 Å². The summed E-state index contributed by atoms with van der Waals surface area (Å²) in [6.07, 6.45) is 1.02. The molecule has 0 heterocycles. The zero-order valence-electron chi connectivity index (χ0n) is 7.84. The molecule has 4 nitrogen and oxygen atoms in total. The summed E-state index contributed by atoms with van der Waals surface area (Å²) in [5.41, 5.74) is 0. The van der Waals surface area contributed by atoms with Crippen molar-refractivity contribution in [2.24, 2.45) is 0 Å². The summed E-state index contributed by atoms with van der Waals surface area (Å²) in [5, 5.41) is 11.5. The summed E-state index contributed by atoms with van der Waals surface area (Å²) in [6.45, 7) is 3.71. The van der Waals surface area contributed by atoms with E-state index >= 15 is 0 Å². The Bertz CT molecular complexity index is 128. The van der Waals surface area contributed by atoms with Crippen molar-refractivity contribution in [3.05, 3.63) is 0 Å². The summed E-state index contributed by atoms with van der Waals surface area (Å²) in [7, 11) is 1.69. The number of carbonyl (C=O) groups is 1. The largest absolute Gasteiger partial charge is 0.395 e. The van der Waals surface area contributed by atoms with Gasteiger partial charge >= 0.3 is 0 Å². The van der Waals surface area contributed by atoms with Gasteiger partial charge in [-0.05, 0) is 13.0 Å². The van der Waals surface area contributed by atoms with Gasteiger partial charge in [-0.15, -0.1) is 0 Å². The Balaban J connectivity index is 3.43. The van der Waals surface area contributed by atoms with Crippen molar-refractivity contribution in [3.8, 4) is 0 Å². The lowest BCUT2D eigenvalue weighted by molar-refractivity contribution is -0.129.